The van der Waals surface area contributed by atoms with E-state index in [2.05, 4.69) is 27.5 Å². The van der Waals surface area contributed by atoms with Crippen LogP contribution >= 0.6 is 0 Å². The first kappa shape index (κ1) is 14.9. The second-order valence-corrected chi connectivity index (χ2v) is 6.78. The van der Waals surface area contributed by atoms with E-state index >= 15 is 0 Å². The van der Waals surface area contributed by atoms with Gasteiger partial charge in [0.15, 0.2) is 5.82 Å². The molecule has 1 amide bonds. The van der Waals surface area contributed by atoms with Crippen LogP contribution in [0, 0.1) is 5.92 Å². The molecule has 0 aliphatic heterocycles. The Hall–Kier alpha value is -2.05. The summed E-state index contributed by atoms with van der Waals surface area (Å²) in [7, 11) is 0. The van der Waals surface area contributed by atoms with Gasteiger partial charge in [-0.1, -0.05) is 0 Å². The summed E-state index contributed by atoms with van der Waals surface area (Å²) in [5.74, 6) is 1.10. The number of carbonyl (C=O) groups is 1. The minimum atomic E-state index is -0.191. The number of amides is 1. The zero-order chi connectivity index (χ0) is 15.7. The fourth-order valence-corrected chi connectivity index (χ4v) is 2.87. The lowest BCUT2D eigenvalue weighted by atomic mass is 9.85. The molecule has 0 atom stereocenters. The third kappa shape index (κ3) is 3.40. The van der Waals surface area contributed by atoms with Crippen molar-refractivity contribution in [2.75, 3.05) is 16.4 Å². The molecular formula is C15H24N6O. The van der Waals surface area contributed by atoms with Gasteiger partial charge in [-0.25, -0.2) is 4.98 Å². The molecule has 3 rings (SSSR count). The summed E-state index contributed by atoms with van der Waals surface area (Å²) >= 11 is 0. The molecule has 2 aliphatic rings. The van der Waals surface area contributed by atoms with Gasteiger partial charge in [-0.3, -0.25) is 4.79 Å². The number of carbonyl (C=O) groups excluding carboxylic acids is 1. The molecule has 2 saturated carbocycles. The van der Waals surface area contributed by atoms with E-state index in [-0.39, 0.29) is 23.4 Å². The van der Waals surface area contributed by atoms with Crippen molar-refractivity contribution in [1.82, 2.24) is 9.97 Å². The molecule has 0 aromatic carbocycles. The molecule has 120 valence electrons. The van der Waals surface area contributed by atoms with Crippen molar-refractivity contribution in [2.45, 2.75) is 57.0 Å². The maximum Gasteiger partial charge on any atom is 0.225 e. The number of hydrogen-bond donors (Lipinski definition) is 4. The summed E-state index contributed by atoms with van der Waals surface area (Å²) in [4.78, 5) is 19.9. The van der Waals surface area contributed by atoms with Gasteiger partial charge in [0.1, 0.15) is 0 Å². The number of anilines is 3. The summed E-state index contributed by atoms with van der Waals surface area (Å²) in [6.07, 6.45) is 7.36. The molecule has 0 saturated heterocycles. The average Bonchev–Trinajstić information content (AvgIpc) is 3.20. The van der Waals surface area contributed by atoms with Crippen molar-refractivity contribution in [3.63, 3.8) is 0 Å². The summed E-state index contributed by atoms with van der Waals surface area (Å²) in [5.41, 5.74) is 12.0. The second-order valence-electron chi connectivity index (χ2n) is 6.78. The smallest absolute Gasteiger partial charge is 0.225 e. The van der Waals surface area contributed by atoms with Gasteiger partial charge in [0, 0.05) is 17.5 Å². The predicted molar refractivity (Wildman–Crippen MR) is 86.3 cm³/mol. The van der Waals surface area contributed by atoms with Crippen LogP contribution in [0.1, 0.15) is 45.4 Å². The van der Waals surface area contributed by atoms with Crippen LogP contribution in [0.4, 0.5) is 17.5 Å². The summed E-state index contributed by atoms with van der Waals surface area (Å²) in [6.45, 7) is 2.16. The highest BCUT2D eigenvalue weighted by molar-refractivity contribution is 5.76. The van der Waals surface area contributed by atoms with Gasteiger partial charge < -0.3 is 22.1 Å². The lowest BCUT2D eigenvalue weighted by Crippen LogP contribution is -2.33. The third-order valence-electron chi connectivity index (χ3n) is 4.70. The Labute approximate surface area is 130 Å². The molecule has 0 unspecified atom stereocenters. The van der Waals surface area contributed by atoms with Crippen LogP contribution < -0.4 is 22.1 Å². The Morgan fingerprint density at radius 3 is 2.59 bits per heavy atom. The number of nitrogens with one attached hydrogen (secondary N) is 2. The molecule has 7 heteroatoms. The van der Waals surface area contributed by atoms with E-state index < -0.39 is 0 Å². The Morgan fingerprint density at radius 1 is 1.32 bits per heavy atom. The minimum absolute atomic E-state index is 0.00726. The number of primary amides is 1. The van der Waals surface area contributed by atoms with Gasteiger partial charge >= 0.3 is 0 Å². The Balaban J connectivity index is 1.62. The van der Waals surface area contributed by atoms with E-state index in [9.17, 15) is 4.79 Å². The molecule has 7 nitrogen and oxygen atoms in total. The van der Waals surface area contributed by atoms with Crippen LogP contribution in [0.25, 0.3) is 0 Å². The van der Waals surface area contributed by atoms with Gasteiger partial charge in [0.25, 0.3) is 0 Å². The highest BCUT2D eigenvalue weighted by Crippen LogP contribution is 2.37. The van der Waals surface area contributed by atoms with E-state index in [1.54, 1.807) is 6.20 Å². The van der Waals surface area contributed by atoms with Crippen molar-refractivity contribution >= 4 is 23.4 Å². The quantitative estimate of drug-likeness (QED) is 0.654. The fourth-order valence-electron chi connectivity index (χ4n) is 2.87. The SMILES string of the molecule is CC1(Nc2ncc(N)c(N[C@H]3CC[C@H](C(N)=O)CC3)n2)CC1. The standard InChI is InChI=1S/C15H24N6O/c1-15(6-7-15)21-14-18-8-11(16)13(20-14)19-10-4-2-9(3-5-10)12(17)22/h8-10H,2-7,16H2,1H3,(H2,17,22)(H2,18,19,20,21)/t9-,10-. The van der Waals surface area contributed by atoms with E-state index in [0.717, 1.165) is 38.5 Å². The van der Waals surface area contributed by atoms with Crippen LogP contribution in [0.5, 0.6) is 0 Å². The maximum atomic E-state index is 11.2. The molecule has 2 aliphatic carbocycles. The molecule has 1 aromatic heterocycles. The lowest BCUT2D eigenvalue weighted by molar-refractivity contribution is -0.122. The molecule has 22 heavy (non-hydrogen) atoms. The van der Waals surface area contributed by atoms with Gasteiger partial charge in [-0.05, 0) is 45.4 Å². The number of aromatic nitrogens is 2. The Kier molecular flexibility index (Phi) is 3.80. The van der Waals surface area contributed by atoms with Crippen molar-refractivity contribution in [1.29, 1.82) is 0 Å². The summed E-state index contributed by atoms with van der Waals surface area (Å²) < 4.78 is 0. The van der Waals surface area contributed by atoms with Crippen LogP contribution in [0.2, 0.25) is 0 Å². The van der Waals surface area contributed by atoms with E-state index in [1.807, 2.05) is 0 Å². The Morgan fingerprint density at radius 2 is 2.00 bits per heavy atom. The number of nitrogens with zero attached hydrogens (tertiary/aromatic N) is 2. The molecule has 1 heterocycles. The summed E-state index contributed by atoms with van der Waals surface area (Å²) in [6, 6.07) is 0.275. The molecule has 1 aromatic rings. The van der Waals surface area contributed by atoms with E-state index in [0.29, 0.717) is 17.5 Å². The van der Waals surface area contributed by atoms with Crippen LogP contribution in [0.3, 0.4) is 0 Å². The normalized spacial score (nSPS) is 26.2. The summed E-state index contributed by atoms with van der Waals surface area (Å²) in [5, 5.41) is 6.73. The molecular weight excluding hydrogens is 280 g/mol. The zero-order valence-electron chi connectivity index (χ0n) is 12.9. The highest BCUT2D eigenvalue weighted by Gasteiger charge is 2.38. The van der Waals surface area contributed by atoms with Gasteiger partial charge in [-0.15, -0.1) is 0 Å². The van der Waals surface area contributed by atoms with Crippen LogP contribution in [-0.2, 0) is 4.79 Å². The monoisotopic (exact) mass is 304 g/mol. The van der Waals surface area contributed by atoms with Gasteiger partial charge in [-0.2, -0.15) is 4.98 Å². The number of nitrogens with two attached hydrogens (primary N) is 2. The first-order valence-electron chi connectivity index (χ1n) is 7.92. The minimum Gasteiger partial charge on any atom is -0.394 e. The predicted octanol–water partition coefficient (Wildman–Crippen LogP) is 1.48. The van der Waals surface area contributed by atoms with Crippen LogP contribution in [-0.4, -0.2) is 27.5 Å². The Bertz CT molecular complexity index is 563. The third-order valence-corrected chi connectivity index (χ3v) is 4.70. The van der Waals surface area contributed by atoms with Crippen molar-refractivity contribution in [3.05, 3.63) is 6.20 Å². The lowest BCUT2D eigenvalue weighted by Gasteiger charge is -2.28. The second kappa shape index (κ2) is 5.62. The first-order valence-corrected chi connectivity index (χ1v) is 7.92. The highest BCUT2D eigenvalue weighted by atomic mass is 16.1. The first-order chi connectivity index (χ1) is 10.5. The van der Waals surface area contributed by atoms with Gasteiger partial charge in [0.05, 0.1) is 11.9 Å². The largest absolute Gasteiger partial charge is 0.394 e. The van der Waals surface area contributed by atoms with Crippen molar-refractivity contribution in [3.8, 4) is 0 Å². The molecule has 0 spiro atoms. The van der Waals surface area contributed by atoms with Gasteiger partial charge in [0.2, 0.25) is 11.9 Å². The van der Waals surface area contributed by atoms with E-state index in [1.165, 1.54) is 0 Å². The van der Waals surface area contributed by atoms with Crippen molar-refractivity contribution in [2.24, 2.45) is 11.7 Å². The molecule has 6 N–H and O–H groups in total. The van der Waals surface area contributed by atoms with Crippen LogP contribution in [0.15, 0.2) is 6.20 Å². The fraction of sp³-hybridized carbons (Fsp3) is 0.667. The average molecular weight is 304 g/mol. The zero-order valence-corrected chi connectivity index (χ0v) is 12.9. The van der Waals surface area contributed by atoms with Crippen molar-refractivity contribution < 1.29 is 4.79 Å². The number of rotatable bonds is 5. The maximum absolute atomic E-state index is 11.2. The van der Waals surface area contributed by atoms with E-state index in [4.69, 9.17) is 11.5 Å². The molecule has 0 radical (unpaired) electrons. The number of nitrogen functional groups attached to an aromatic ring is 1. The number of hydrogen-bond acceptors (Lipinski definition) is 6. The topological polar surface area (TPSA) is 119 Å². The molecule has 2 fully saturated rings. The molecule has 0 bridgehead atoms.